The van der Waals surface area contributed by atoms with E-state index in [2.05, 4.69) is 38.8 Å². The highest BCUT2D eigenvalue weighted by Crippen LogP contribution is 2.06. The molecule has 4 heteroatoms. The number of ether oxygens (including phenoxy) is 1. The molecular weight excluding hydrogens is 300 g/mol. The number of esters is 1. The third kappa shape index (κ3) is 7.50. The highest BCUT2D eigenvalue weighted by Gasteiger charge is 2.13. The monoisotopic (exact) mass is 314 g/mol. The van der Waals surface area contributed by atoms with E-state index in [0.717, 1.165) is 12.8 Å². The summed E-state index contributed by atoms with van der Waals surface area (Å²) < 4.78 is 5.03. The second kappa shape index (κ2) is 9.00. The van der Waals surface area contributed by atoms with E-state index < -0.39 is 0 Å². The van der Waals surface area contributed by atoms with E-state index in [4.69, 9.17) is 4.74 Å². The van der Waals surface area contributed by atoms with Gasteiger partial charge < -0.3 is 4.74 Å². The molecule has 0 aliphatic heterocycles. The molecule has 0 aromatic rings. The summed E-state index contributed by atoms with van der Waals surface area (Å²) in [6.45, 7) is 2.71. The Labute approximate surface area is 96.7 Å². The van der Waals surface area contributed by atoms with Gasteiger partial charge in [0.15, 0.2) is 0 Å². The summed E-state index contributed by atoms with van der Waals surface area (Å²) in [7, 11) is 0. The Morgan fingerprint density at radius 3 is 2.62 bits per heavy atom. The molecule has 1 atom stereocenters. The van der Waals surface area contributed by atoms with E-state index in [1.807, 2.05) is 0 Å². The Hall–Kier alpha value is 0.430. The van der Waals surface area contributed by atoms with Crippen LogP contribution in [0.25, 0.3) is 0 Å². The largest absolute Gasteiger partial charge is 0.465 e. The van der Waals surface area contributed by atoms with Crippen molar-refractivity contribution in [3.63, 3.8) is 0 Å². The molecule has 78 valence electrons. The van der Waals surface area contributed by atoms with Gasteiger partial charge in [0.25, 0.3) is 0 Å². The molecule has 0 rings (SSSR count). The van der Waals surface area contributed by atoms with Crippen molar-refractivity contribution < 1.29 is 9.53 Å². The molecule has 2 nitrogen and oxygen atoms in total. The number of hydrogen-bond acceptors (Lipinski definition) is 2. The fourth-order valence-corrected chi connectivity index (χ4v) is 1.25. The van der Waals surface area contributed by atoms with Crippen molar-refractivity contribution in [3.05, 3.63) is 0 Å². The summed E-state index contributed by atoms with van der Waals surface area (Å²) >= 11 is 6.41. The van der Waals surface area contributed by atoms with Crippen molar-refractivity contribution in [3.8, 4) is 0 Å². The third-order valence-corrected chi connectivity index (χ3v) is 3.85. The highest BCUT2D eigenvalue weighted by molar-refractivity contribution is 9.12. The Morgan fingerprint density at radius 1 is 1.38 bits per heavy atom. The first-order chi connectivity index (χ1) is 6.22. The number of rotatable bonds is 7. The minimum absolute atomic E-state index is 0.173. The van der Waals surface area contributed by atoms with Crippen LogP contribution >= 0.6 is 31.9 Å². The number of carbonyl (C=O) groups is 1. The third-order valence-electron chi connectivity index (χ3n) is 1.63. The van der Waals surface area contributed by atoms with Gasteiger partial charge in [-0.05, 0) is 6.42 Å². The number of unbranched alkanes of at least 4 members (excludes halogenated alkanes) is 3. The zero-order valence-electron chi connectivity index (χ0n) is 7.89. The second-order valence-electron chi connectivity index (χ2n) is 2.85. The molecule has 0 amide bonds. The van der Waals surface area contributed by atoms with Crippen molar-refractivity contribution in [2.45, 2.75) is 37.4 Å². The molecule has 0 spiro atoms. The summed E-state index contributed by atoms with van der Waals surface area (Å²) in [5, 5.41) is 0.598. The first-order valence-corrected chi connectivity index (χ1v) is 6.62. The normalized spacial score (nSPS) is 12.5. The average Bonchev–Trinajstić information content (AvgIpc) is 2.16. The van der Waals surface area contributed by atoms with Gasteiger partial charge >= 0.3 is 5.97 Å². The molecule has 0 bridgehead atoms. The summed E-state index contributed by atoms with van der Waals surface area (Å²) in [5.41, 5.74) is 0. The Morgan fingerprint density at radius 2 is 2.08 bits per heavy atom. The summed E-state index contributed by atoms with van der Waals surface area (Å²) in [4.78, 5) is 10.9. The average molecular weight is 316 g/mol. The van der Waals surface area contributed by atoms with E-state index in [-0.39, 0.29) is 10.8 Å². The van der Waals surface area contributed by atoms with Gasteiger partial charge in [-0.1, -0.05) is 58.0 Å². The lowest BCUT2D eigenvalue weighted by molar-refractivity contribution is -0.142. The molecule has 0 N–H and O–H groups in total. The standard InChI is InChI=1S/C9H16Br2O2/c1-2-3-4-5-6-13-9(12)8(11)7-10/h8H,2-7H2,1H3. The minimum Gasteiger partial charge on any atom is -0.465 e. The quantitative estimate of drug-likeness (QED) is 0.409. The molecular formula is C9H16Br2O2. The van der Waals surface area contributed by atoms with Crippen molar-refractivity contribution in [1.82, 2.24) is 0 Å². The van der Waals surface area contributed by atoms with Gasteiger partial charge in [-0.2, -0.15) is 0 Å². The van der Waals surface area contributed by atoms with Crippen LogP contribution in [0.2, 0.25) is 0 Å². The van der Waals surface area contributed by atoms with Gasteiger partial charge in [-0.25, -0.2) is 0 Å². The molecule has 0 aliphatic carbocycles. The topological polar surface area (TPSA) is 26.3 Å². The van der Waals surface area contributed by atoms with Gasteiger partial charge in [0, 0.05) is 5.33 Å². The molecule has 0 saturated heterocycles. The van der Waals surface area contributed by atoms with Crippen LogP contribution in [0.4, 0.5) is 0 Å². The number of halogens is 2. The molecule has 0 radical (unpaired) electrons. The minimum atomic E-state index is -0.210. The second-order valence-corrected chi connectivity index (χ2v) is 4.60. The molecule has 1 unspecified atom stereocenters. The molecule has 0 aromatic heterocycles. The number of alkyl halides is 2. The molecule has 0 aliphatic rings. The lowest BCUT2D eigenvalue weighted by Crippen LogP contribution is -2.19. The van der Waals surface area contributed by atoms with Crippen LogP contribution < -0.4 is 0 Å². The summed E-state index contributed by atoms with van der Waals surface area (Å²) in [6.07, 6.45) is 4.54. The van der Waals surface area contributed by atoms with Crippen molar-refractivity contribution >= 4 is 37.8 Å². The zero-order chi connectivity index (χ0) is 10.1. The predicted molar refractivity (Wildman–Crippen MR) is 61.6 cm³/mol. The fraction of sp³-hybridized carbons (Fsp3) is 0.889. The van der Waals surface area contributed by atoms with E-state index in [1.165, 1.54) is 12.8 Å². The maximum absolute atomic E-state index is 11.1. The Balaban J connectivity index is 3.27. The van der Waals surface area contributed by atoms with Crippen LogP contribution in [0.5, 0.6) is 0 Å². The molecule has 0 fully saturated rings. The Bertz CT molecular complexity index is 140. The van der Waals surface area contributed by atoms with Crippen molar-refractivity contribution in [2.24, 2.45) is 0 Å². The van der Waals surface area contributed by atoms with Crippen LogP contribution in [0.15, 0.2) is 0 Å². The molecule has 0 aromatic carbocycles. The van der Waals surface area contributed by atoms with Gasteiger partial charge in [-0.3, -0.25) is 4.79 Å². The van der Waals surface area contributed by atoms with Crippen LogP contribution in [0.1, 0.15) is 32.6 Å². The Kier molecular flexibility index (Phi) is 9.30. The smallest absolute Gasteiger partial charge is 0.320 e. The van der Waals surface area contributed by atoms with Crippen LogP contribution in [0, 0.1) is 0 Å². The van der Waals surface area contributed by atoms with E-state index >= 15 is 0 Å². The molecule has 0 heterocycles. The first kappa shape index (κ1) is 13.4. The number of carbonyl (C=O) groups excluding carboxylic acids is 1. The van der Waals surface area contributed by atoms with E-state index in [9.17, 15) is 4.79 Å². The summed E-state index contributed by atoms with van der Waals surface area (Å²) in [5.74, 6) is -0.173. The van der Waals surface area contributed by atoms with Crippen LogP contribution in [0.3, 0.4) is 0 Å². The fourth-order valence-electron chi connectivity index (χ4n) is 0.855. The zero-order valence-corrected chi connectivity index (χ0v) is 11.1. The van der Waals surface area contributed by atoms with Crippen LogP contribution in [-0.4, -0.2) is 22.7 Å². The highest BCUT2D eigenvalue weighted by atomic mass is 79.9. The lowest BCUT2D eigenvalue weighted by Gasteiger charge is -2.06. The maximum atomic E-state index is 11.1. The van der Waals surface area contributed by atoms with Crippen molar-refractivity contribution in [1.29, 1.82) is 0 Å². The lowest BCUT2D eigenvalue weighted by atomic mass is 10.2. The maximum Gasteiger partial charge on any atom is 0.320 e. The van der Waals surface area contributed by atoms with Crippen LogP contribution in [-0.2, 0) is 9.53 Å². The van der Waals surface area contributed by atoms with E-state index in [1.54, 1.807) is 0 Å². The van der Waals surface area contributed by atoms with E-state index in [0.29, 0.717) is 11.9 Å². The first-order valence-electron chi connectivity index (χ1n) is 4.59. The predicted octanol–water partition coefficient (Wildman–Crippen LogP) is 3.27. The van der Waals surface area contributed by atoms with Crippen molar-refractivity contribution in [2.75, 3.05) is 11.9 Å². The molecule has 13 heavy (non-hydrogen) atoms. The summed E-state index contributed by atoms with van der Waals surface area (Å²) in [6, 6.07) is 0. The SMILES string of the molecule is CCCCCCOC(=O)C(Br)CBr. The van der Waals surface area contributed by atoms with Gasteiger partial charge in [-0.15, -0.1) is 0 Å². The molecule has 0 saturated carbocycles. The number of hydrogen-bond donors (Lipinski definition) is 0. The van der Waals surface area contributed by atoms with Gasteiger partial charge in [0.05, 0.1) is 6.61 Å². The van der Waals surface area contributed by atoms with Gasteiger partial charge in [0.1, 0.15) is 4.83 Å². The van der Waals surface area contributed by atoms with Gasteiger partial charge in [0.2, 0.25) is 0 Å².